The van der Waals surface area contributed by atoms with Crippen molar-refractivity contribution in [3.63, 3.8) is 0 Å². The molecule has 0 saturated carbocycles. The largest absolute Gasteiger partial charge is 0.378 e. The molecular weight excluding hydrogens is 228 g/mol. The Morgan fingerprint density at radius 2 is 2.44 bits per heavy atom. The minimum absolute atomic E-state index is 0.00422. The molecular formula is C14H16N2O2. The molecule has 4 nitrogen and oxygen atoms in total. The van der Waals surface area contributed by atoms with Gasteiger partial charge in [0, 0.05) is 13.2 Å². The van der Waals surface area contributed by atoms with Crippen molar-refractivity contribution in [3.8, 4) is 6.07 Å². The normalized spacial score (nSPS) is 22.4. The molecule has 0 spiro atoms. The Bertz CT molecular complexity index is 479. The number of amides is 1. The van der Waals surface area contributed by atoms with Crippen LogP contribution in [-0.4, -0.2) is 18.6 Å². The average molecular weight is 244 g/mol. The van der Waals surface area contributed by atoms with Crippen molar-refractivity contribution in [2.75, 3.05) is 6.61 Å². The van der Waals surface area contributed by atoms with Crippen LogP contribution < -0.4 is 5.32 Å². The summed E-state index contributed by atoms with van der Waals surface area (Å²) in [7, 11) is 0. The van der Waals surface area contributed by atoms with Crippen LogP contribution in [0.2, 0.25) is 0 Å². The summed E-state index contributed by atoms with van der Waals surface area (Å²) in [5, 5.41) is 11.7. The molecule has 1 aromatic rings. The molecule has 94 valence electrons. The fourth-order valence-electron chi connectivity index (χ4n) is 2.15. The number of nitriles is 1. The molecule has 1 fully saturated rings. The molecule has 4 heteroatoms. The first kappa shape index (κ1) is 12.6. The summed E-state index contributed by atoms with van der Waals surface area (Å²) in [6.45, 7) is 3.04. The van der Waals surface area contributed by atoms with Gasteiger partial charge in [0.15, 0.2) is 0 Å². The molecule has 1 aliphatic rings. The molecule has 1 heterocycles. The zero-order chi connectivity index (χ0) is 13.0. The molecule has 2 atom stereocenters. The van der Waals surface area contributed by atoms with Gasteiger partial charge in [-0.25, -0.2) is 0 Å². The maximum atomic E-state index is 11.9. The minimum atomic E-state index is -0.0517. The number of ether oxygens (including phenoxy) is 1. The number of carbonyl (C=O) groups is 1. The number of nitrogens with one attached hydrogen (secondary N) is 1. The van der Waals surface area contributed by atoms with Crippen molar-refractivity contribution >= 4 is 5.91 Å². The lowest BCUT2D eigenvalue weighted by Crippen LogP contribution is -2.33. The van der Waals surface area contributed by atoms with E-state index in [1.165, 1.54) is 0 Å². The van der Waals surface area contributed by atoms with Gasteiger partial charge < -0.3 is 10.1 Å². The van der Waals surface area contributed by atoms with Crippen molar-refractivity contribution in [2.24, 2.45) is 5.92 Å². The number of carbonyl (C=O) groups excluding carboxylic acids is 1. The Kier molecular flexibility index (Phi) is 3.96. The van der Waals surface area contributed by atoms with E-state index in [0.29, 0.717) is 18.7 Å². The van der Waals surface area contributed by atoms with E-state index in [-0.39, 0.29) is 17.9 Å². The summed E-state index contributed by atoms with van der Waals surface area (Å²) in [4.78, 5) is 11.9. The molecule has 1 saturated heterocycles. The first-order chi connectivity index (χ1) is 8.70. The second-order valence-corrected chi connectivity index (χ2v) is 4.50. The van der Waals surface area contributed by atoms with E-state index < -0.39 is 0 Å². The van der Waals surface area contributed by atoms with Gasteiger partial charge in [0.1, 0.15) is 0 Å². The van der Waals surface area contributed by atoms with Crippen LogP contribution >= 0.6 is 0 Å². The van der Waals surface area contributed by atoms with Crippen molar-refractivity contribution in [2.45, 2.75) is 26.0 Å². The molecule has 1 N–H and O–H groups in total. The van der Waals surface area contributed by atoms with Gasteiger partial charge in [-0.05, 0) is 31.0 Å². The zero-order valence-electron chi connectivity index (χ0n) is 10.3. The van der Waals surface area contributed by atoms with E-state index in [0.717, 1.165) is 12.0 Å². The van der Waals surface area contributed by atoms with Gasteiger partial charge >= 0.3 is 0 Å². The van der Waals surface area contributed by atoms with Crippen LogP contribution in [0.3, 0.4) is 0 Å². The lowest BCUT2D eigenvalue weighted by atomic mass is 10.0. The van der Waals surface area contributed by atoms with Crippen molar-refractivity contribution in [1.29, 1.82) is 5.26 Å². The van der Waals surface area contributed by atoms with Crippen LogP contribution in [0.1, 0.15) is 24.5 Å². The summed E-state index contributed by atoms with van der Waals surface area (Å²) in [5.41, 5.74) is 1.55. The van der Waals surface area contributed by atoms with Crippen LogP contribution in [0.4, 0.5) is 0 Å². The first-order valence-electron chi connectivity index (χ1n) is 6.09. The Morgan fingerprint density at radius 1 is 1.61 bits per heavy atom. The van der Waals surface area contributed by atoms with E-state index in [2.05, 4.69) is 11.4 Å². The number of hydrogen-bond acceptors (Lipinski definition) is 3. The maximum Gasteiger partial charge on any atom is 0.226 e. The number of rotatable bonds is 3. The van der Waals surface area contributed by atoms with Crippen molar-refractivity contribution in [3.05, 3.63) is 35.4 Å². The summed E-state index contributed by atoms with van der Waals surface area (Å²) in [5.74, 6) is -0.0217. The number of hydrogen-bond donors (Lipinski definition) is 1. The molecule has 18 heavy (non-hydrogen) atoms. The molecule has 0 radical (unpaired) electrons. The molecule has 2 rings (SSSR count). The molecule has 1 aliphatic heterocycles. The van der Waals surface area contributed by atoms with E-state index in [1.807, 2.05) is 19.1 Å². The van der Waals surface area contributed by atoms with Gasteiger partial charge in [0.2, 0.25) is 5.91 Å². The third-order valence-electron chi connectivity index (χ3n) is 3.24. The fourth-order valence-corrected chi connectivity index (χ4v) is 2.15. The van der Waals surface area contributed by atoms with Crippen LogP contribution in [0, 0.1) is 17.2 Å². The molecule has 2 unspecified atom stereocenters. The Hall–Kier alpha value is -1.86. The summed E-state index contributed by atoms with van der Waals surface area (Å²) < 4.78 is 5.37. The predicted octanol–water partition coefficient (Wildman–Crippen LogP) is 1.60. The van der Waals surface area contributed by atoms with Crippen LogP contribution in [0.5, 0.6) is 0 Å². The average Bonchev–Trinajstić information content (AvgIpc) is 2.82. The second-order valence-electron chi connectivity index (χ2n) is 4.50. The van der Waals surface area contributed by atoms with Gasteiger partial charge in [-0.2, -0.15) is 5.26 Å². The lowest BCUT2D eigenvalue weighted by molar-refractivity contribution is -0.126. The van der Waals surface area contributed by atoms with E-state index in [4.69, 9.17) is 10.00 Å². The Labute approximate surface area is 107 Å². The van der Waals surface area contributed by atoms with Crippen LogP contribution in [-0.2, 0) is 16.1 Å². The maximum absolute atomic E-state index is 11.9. The van der Waals surface area contributed by atoms with Gasteiger partial charge in [-0.15, -0.1) is 0 Å². The summed E-state index contributed by atoms with van der Waals surface area (Å²) in [6.07, 6.45) is 0.779. The van der Waals surface area contributed by atoms with Crippen LogP contribution in [0.25, 0.3) is 0 Å². The highest BCUT2D eigenvalue weighted by molar-refractivity contribution is 5.79. The highest BCUT2D eigenvalue weighted by Gasteiger charge is 2.30. The van der Waals surface area contributed by atoms with Crippen molar-refractivity contribution < 1.29 is 9.53 Å². The Morgan fingerprint density at radius 3 is 3.11 bits per heavy atom. The van der Waals surface area contributed by atoms with Crippen molar-refractivity contribution in [1.82, 2.24) is 5.32 Å². The minimum Gasteiger partial charge on any atom is -0.378 e. The molecule has 1 aromatic carbocycles. The Balaban J connectivity index is 1.91. The smallest absolute Gasteiger partial charge is 0.226 e. The van der Waals surface area contributed by atoms with Crippen LogP contribution in [0.15, 0.2) is 24.3 Å². The number of benzene rings is 1. The van der Waals surface area contributed by atoms with Gasteiger partial charge in [0.05, 0.1) is 23.7 Å². The third-order valence-corrected chi connectivity index (χ3v) is 3.24. The highest BCUT2D eigenvalue weighted by atomic mass is 16.5. The quantitative estimate of drug-likeness (QED) is 0.878. The van der Waals surface area contributed by atoms with Gasteiger partial charge in [0.25, 0.3) is 0 Å². The number of nitrogens with zero attached hydrogens (tertiary/aromatic N) is 1. The third kappa shape index (κ3) is 2.88. The molecule has 0 aromatic heterocycles. The van der Waals surface area contributed by atoms with Gasteiger partial charge in [-0.3, -0.25) is 4.79 Å². The standard InChI is InChI=1S/C14H16N2O2/c1-10-13(5-6-18-10)14(17)16-9-12-4-2-3-11(7-12)8-15/h2-4,7,10,13H,5-6,9H2,1H3,(H,16,17). The predicted molar refractivity (Wildman–Crippen MR) is 66.5 cm³/mol. The zero-order valence-corrected chi connectivity index (χ0v) is 10.3. The van der Waals surface area contributed by atoms with E-state index in [1.54, 1.807) is 12.1 Å². The summed E-state index contributed by atoms with van der Waals surface area (Å²) in [6, 6.07) is 9.34. The molecule has 1 amide bonds. The fraction of sp³-hybridized carbons (Fsp3) is 0.429. The van der Waals surface area contributed by atoms with Gasteiger partial charge in [-0.1, -0.05) is 12.1 Å². The SMILES string of the molecule is CC1OCCC1C(=O)NCc1cccc(C#N)c1. The molecule has 0 bridgehead atoms. The topological polar surface area (TPSA) is 62.1 Å². The van der Waals surface area contributed by atoms with E-state index in [9.17, 15) is 4.79 Å². The summed E-state index contributed by atoms with van der Waals surface area (Å²) >= 11 is 0. The first-order valence-corrected chi connectivity index (χ1v) is 6.09. The lowest BCUT2D eigenvalue weighted by Gasteiger charge is -2.14. The molecule has 0 aliphatic carbocycles. The monoisotopic (exact) mass is 244 g/mol. The van der Waals surface area contributed by atoms with E-state index >= 15 is 0 Å². The second kappa shape index (κ2) is 5.65. The highest BCUT2D eigenvalue weighted by Crippen LogP contribution is 2.20.